The van der Waals surface area contributed by atoms with Crippen LogP contribution in [0.15, 0.2) is 30.3 Å². The van der Waals surface area contributed by atoms with E-state index in [0.29, 0.717) is 5.92 Å². The number of rotatable bonds is 3. The molecule has 1 aliphatic carbocycles. The van der Waals surface area contributed by atoms with Crippen LogP contribution in [0.1, 0.15) is 70.8 Å². The molecule has 2 aromatic rings. The molecule has 2 heteroatoms. The van der Waals surface area contributed by atoms with Crippen LogP contribution >= 0.6 is 22.9 Å². The van der Waals surface area contributed by atoms with Crippen molar-refractivity contribution < 1.29 is 0 Å². The molecule has 3 rings (SSSR count). The fraction of sp³-hybridized carbons (Fsp3) is 0.474. The monoisotopic (exact) mass is 318 g/mol. The van der Waals surface area contributed by atoms with Crippen molar-refractivity contribution in [1.29, 1.82) is 0 Å². The summed E-state index contributed by atoms with van der Waals surface area (Å²) >= 11 is 8.66. The molecule has 1 aromatic heterocycles. The molecule has 0 bridgehead atoms. The third-order valence-corrected chi connectivity index (χ3v) is 6.33. The highest BCUT2D eigenvalue weighted by molar-refractivity contribution is 7.12. The number of aryl methyl sites for hydroxylation is 2. The first-order valence-corrected chi connectivity index (χ1v) is 9.26. The van der Waals surface area contributed by atoms with Gasteiger partial charge in [0.15, 0.2) is 0 Å². The van der Waals surface area contributed by atoms with E-state index in [0.717, 1.165) is 0 Å². The SMILES string of the molecule is CC(C)c1ccc(C(Cl)c2cc3c(s2)CCCCC3)cc1. The van der Waals surface area contributed by atoms with Crippen molar-refractivity contribution in [3.05, 3.63) is 56.8 Å². The minimum absolute atomic E-state index is 0.00291. The third kappa shape index (κ3) is 3.35. The Morgan fingerprint density at radius 2 is 1.62 bits per heavy atom. The summed E-state index contributed by atoms with van der Waals surface area (Å²) in [5, 5.41) is 0.00291. The molecule has 0 fully saturated rings. The van der Waals surface area contributed by atoms with Crippen molar-refractivity contribution in [3.8, 4) is 0 Å². The van der Waals surface area contributed by atoms with Gasteiger partial charge in [-0.05, 0) is 54.4 Å². The largest absolute Gasteiger partial charge is 0.143 e. The Balaban J connectivity index is 1.83. The average Bonchev–Trinajstić information content (AvgIpc) is 2.77. The van der Waals surface area contributed by atoms with Gasteiger partial charge in [0.1, 0.15) is 0 Å². The standard InChI is InChI=1S/C19H23ClS/c1-13(2)14-8-10-15(11-9-14)19(20)18-12-16-6-4-3-5-7-17(16)21-18/h8-13,19H,3-7H2,1-2H3. The maximum absolute atomic E-state index is 6.73. The molecule has 0 nitrogen and oxygen atoms in total. The molecule has 0 radical (unpaired) electrons. The smallest absolute Gasteiger partial charge is 0.0927 e. The molecular weight excluding hydrogens is 296 g/mol. The molecule has 1 atom stereocenters. The van der Waals surface area contributed by atoms with E-state index < -0.39 is 0 Å². The lowest BCUT2D eigenvalue weighted by Gasteiger charge is -2.10. The Morgan fingerprint density at radius 3 is 2.33 bits per heavy atom. The highest BCUT2D eigenvalue weighted by Gasteiger charge is 2.18. The second-order valence-corrected chi connectivity index (χ2v) is 7.95. The van der Waals surface area contributed by atoms with Crippen molar-refractivity contribution in [2.45, 2.75) is 57.2 Å². The van der Waals surface area contributed by atoms with Crippen LogP contribution < -0.4 is 0 Å². The summed E-state index contributed by atoms with van der Waals surface area (Å²) in [7, 11) is 0. The molecule has 1 aliphatic rings. The van der Waals surface area contributed by atoms with Gasteiger partial charge in [0.2, 0.25) is 0 Å². The predicted octanol–water partition coefficient (Wildman–Crippen LogP) is 6.47. The van der Waals surface area contributed by atoms with Gasteiger partial charge in [-0.15, -0.1) is 22.9 Å². The van der Waals surface area contributed by atoms with Gasteiger partial charge in [0.05, 0.1) is 5.38 Å². The van der Waals surface area contributed by atoms with Crippen LogP contribution in [-0.2, 0) is 12.8 Å². The topological polar surface area (TPSA) is 0 Å². The van der Waals surface area contributed by atoms with Crippen LogP contribution in [0, 0.1) is 0 Å². The van der Waals surface area contributed by atoms with E-state index in [1.807, 2.05) is 11.3 Å². The first-order chi connectivity index (χ1) is 10.1. The van der Waals surface area contributed by atoms with E-state index in [-0.39, 0.29) is 5.38 Å². The van der Waals surface area contributed by atoms with Crippen LogP contribution in [0.5, 0.6) is 0 Å². The number of fused-ring (bicyclic) bond motifs is 1. The highest BCUT2D eigenvalue weighted by atomic mass is 35.5. The molecule has 112 valence electrons. The van der Waals surface area contributed by atoms with Crippen molar-refractivity contribution >= 4 is 22.9 Å². The van der Waals surface area contributed by atoms with Crippen LogP contribution in [0.4, 0.5) is 0 Å². The maximum atomic E-state index is 6.73. The van der Waals surface area contributed by atoms with Crippen molar-refractivity contribution in [2.75, 3.05) is 0 Å². The molecule has 1 unspecified atom stereocenters. The normalized spacial score (nSPS) is 16.6. The molecule has 0 spiro atoms. The summed E-state index contributed by atoms with van der Waals surface area (Å²) in [6.07, 6.45) is 6.53. The molecule has 1 heterocycles. The van der Waals surface area contributed by atoms with Gasteiger partial charge in [-0.2, -0.15) is 0 Å². The lowest BCUT2D eigenvalue weighted by Crippen LogP contribution is -1.92. The quantitative estimate of drug-likeness (QED) is 0.449. The second kappa shape index (κ2) is 6.54. The molecule has 0 aliphatic heterocycles. The molecule has 0 saturated heterocycles. The number of thiophene rings is 1. The number of halogens is 1. The van der Waals surface area contributed by atoms with Gasteiger partial charge in [-0.3, -0.25) is 0 Å². The average molecular weight is 319 g/mol. The molecule has 1 aromatic carbocycles. The number of hydrogen-bond acceptors (Lipinski definition) is 1. The Morgan fingerprint density at radius 1 is 0.952 bits per heavy atom. The van der Waals surface area contributed by atoms with Gasteiger partial charge >= 0.3 is 0 Å². The lowest BCUT2D eigenvalue weighted by atomic mass is 10.0. The zero-order chi connectivity index (χ0) is 14.8. The summed E-state index contributed by atoms with van der Waals surface area (Å²) in [6, 6.07) is 11.2. The molecule has 0 amide bonds. The van der Waals surface area contributed by atoms with Gasteiger partial charge in [-0.25, -0.2) is 0 Å². The van der Waals surface area contributed by atoms with Gasteiger partial charge in [0.25, 0.3) is 0 Å². The summed E-state index contributed by atoms with van der Waals surface area (Å²) in [5.41, 5.74) is 4.15. The van der Waals surface area contributed by atoms with E-state index in [1.165, 1.54) is 48.1 Å². The Hall–Kier alpha value is -0.790. The number of hydrogen-bond donors (Lipinski definition) is 0. The fourth-order valence-corrected chi connectivity index (χ4v) is 4.64. The Labute approximate surface area is 137 Å². The van der Waals surface area contributed by atoms with Crippen molar-refractivity contribution in [1.82, 2.24) is 0 Å². The van der Waals surface area contributed by atoms with E-state index in [2.05, 4.69) is 44.2 Å². The van der Waals surface area contributed by atoms with Gasteiger partial charge in [-0.1, -0.05) is 44.5 Å². The Bertz CT molecular complexity index is 571. The highest BCUT2D eigenvalue weighted by Crippen LogP contribution is 2.38. The van der Waals surface area contributed by atoms with Crippen LogP contribution in [0.2, 0.25) is 0 Å². The van der Waals surface area contributed by atoms with Crippen LogP contribution in [0.25, 0.3) is 0 Å². The summed E-state index contributed by atoms with van der Waals surface area (Å²) in [6.45, 7) is 4.45. The molecule has 0 saturated carbocycles. The summed E-state index contributed by atoms with van der Waals surface area (Å²) in [5.74, 6) is 0.575. The maximum Gasteiger partial charge on any atom is 0.0927 e. The first-order valence-electron chi connectivity index (χ1n) is 8.00. The fourth-order valence-electron chi connectivity index (χ4n) is 3.03. The minimum Gasteiger partial charge on any atom is -0.143 e. The van der Waals surface area contributed by atoms with E-state index in [9.17, 15) is 0 Å². The van der Waals surface area contributed by atoms with Crippen LogP contribution in [0.3, 0.4) is 0 Å². The third-order valence-electron chi connectivity index (χ3n) is 4.41. The molecule has 0 N–H and O–H groups in total. The first kappa shape index (κ1) is 15.1. The van der Waals surface area contributed by atoms with Crippen molar-refractivity contribution in [2.24, 2.45) is 0 Å². The molecular formula is C19H23ClS. The Kier molecular flexibility index (Phi) is 4.71. The van der Waals surface area contributed by atoms with E-state index >= 15 is 0 Å². The van der Waals surface area contributed by atoms with E-state index in [4.69, 9.17) is 11.6 Å². The van der Waals surface area contributed by atoms with Gasteiger partial charge in [0, 0.05) is 9.75 Å². The second-order valence-electron chi connectivity index (χ2n) is 6.34. The van der Waals surface area contributed by atoms with Crippen LogP contribution in [-0.4, -0.2) is 0 Å². The zero-order valence-corrected chi connectivity index (χ0v) is 14.4. The number of benzene rings is 1. The van der Waals surface area contributed by atoms with Crippen molar-refractivity contribution in [3.63, 3.8) is 0 Å². The summed E-state index contributed by atoms with van der Waals surface area (Å²) in [4.78, 5) is 2.90. The van der Waals surface area contributed by atoms with Gasteiger partial charge < -0.3 is 0 Å². The number of alkyl halides is 1. The summed E-state index contributed by atoms with van der Waals surface area (Å²) < 4.78 is 0. The predicted molar refractivity (Wildman–Crippen MR) is 93.8 cm³/mol. The van der Waals surface area contributed by atoms with E-state index in [1.54, 1.807) is 10.4 Å². The molecule has 21 heavy (non-hydrogen) atoms. The zero-order valence-electron chi connectivity index (χ0n) is 12.9. The lowest BCUT2D eigenvalue weighted by molar-refractivity contribution is 0.712. The minimum atomic E-state index is 0.00291.